The Morgan fingerprint density at radius 2 is 1.95 bits per heavy atom. The third-order valence-corrected chi connectivity index (χ3v) is 4.69. The van der Waals surface area contributed by atoms with Crippen LogP contribution in [0.15, 0.2) is 24.3 Å². The van der Waals surface area contributed by atoms with Gasteiger partial charge in [-0.3, -0.25) is 0 Å². The van der Waals surface area contributed by atoms with E-state index in [1.807, 2.05) is 19.1 Å². The van der Waals surface area contributed by atoms with Gasteiger partial charge in [0.05, 0.1) is 0 Å². The minimum atomic E-state index is -1.50. The Hall–Kier alpha value is -0.510. The molecule has 0 saturated heterocycles. The fourth-order valence-corrected chi connectivity index (χ4v) is 2.72. The molecule has 0 aliphatic heterocycles. The zero-order chi connectivity index (χ0) is 15.7. The normalized spacial score (nSPS) is 14.8. The molecule has 0 amide bonds. The topological polar surface area (TPSA) is 72.5 Å². The predicted molar refractivity (Wildman–Crippen MR) is 87.0 cm³/mol. The van der Waals surface area contributed by atoms with E-state index in [1.165, 1.54) is 0 Å². The van der Waals surface area contributed by atoms with E-state index in [4.69, 9.17) is 21.9 Å². The van der Waals surface area contributed by atoms with Gasteiger partial charge in [0.25, 0.3) is 0 Å². The molecule has 4 nitrogen and oxygen atoms in total. The Morgan fingerprint density at radius 1 is 1.29 bits per heavy atom. The zero-order valence-corrected chi connectivity index (χ0v) is 14.1. The standard InChI is InChI=1S/C15H24ClNO3P/c1-2-21(19)20-11-5-3-4-10-15(18,12-17)13-6-8-14(16)9-7-13/h6-9,18H,2-5,10-12,17H2,1H3/q+1. The number of aliphatic hydroxyl groups is 1. The maximum Gasteiger partial charge on any atom is 0.507 e. The maximum atomic E-state index is 11.1. The molecule has 0 saturated carbocycles. The van der Waals surface area contributed by atoms with Gasteiger partial charge in [-0.05, 0) is 42.0 Å². The van der Waals surface area contributed by atoms with Crippen molar-refractivity contribution < 1.29 is 14.2 Å². The van der Waals surface area contributed by atoms with Crippen LogP contribution < -0.4 is 5.73 Å². The van der Waals surface area contributed by atoms with Crippen molar-refractivity contribution in [2.24, 2.45) is 5.73 Å². The van der Waals surface area contributed by atoms with Crippen LogP contribution in [0, 0.1) is 0 Å². The minimum Gasteiger partial charge on any atom is -0.384 e. The van der Waals surface area contributed by atoms with Gasteiger partial charge in [-0.2, -0.15) is 0 Å². The summed E-state index contributed by atoms with van der Waals surface area (Å²) in [5.41, 5.74) is 5.51. The lowest BCUT2D eigenvalue weighted by molar-refractivity contribution is 0.0337. The van der Waals surface area contributed by atoms with E-state index >= 15 is 0 Å². The Kier molecular flexibility index (Phi) is 8.38. The van der Waals surface area contributed by atoms with Crippen molar-refractivity contribution in [2.45, 2.75) is 38.2 Å². The van der Waals surface area contributed by atoms with Crippen molar-refractivity contribution >= 4 is 19.6 Å². The summed E-state index contributed by atoms with van der Waals surface area (Å²) in [6.45, 7) is 2.52. The van der Waals surface area contributed by atoms with Gasteiger partial charge >= 0.3 is 8.03 Å². The second kappa shape index (κ2) is 9.50. The Morgan fingerprint density at radius 3 is 2.52 bits per heavy atom. The van der Waals surface area contributed by atoms with Crippen LogP contribution in [-0.2, 0) is 14.7 Å². The highest BCUT2D eigenvalue weighted by Gasteiger charge is 2.26. The molecule has 1 aromatic rings. The zero-order valence-electron chi connectivity index (χ0n) is 12.4. The van der Waals surface area contributed by atoms with Crippen molar-refractivity contribution in [3.05, 3.63) is 34.9 Å². The number of hydrogen-bond donors (Lipinski definition) is 2. The number of nitrogens with two attached hydrogens (primary N) is 1. The lowest BCUT2D eigenvalue weighted by atomic mass is 9.88. The number of unbranched alkanes of at least 4 members (excludes halogenated alkanes) is 2. The van der Waals surface area contributed by atoms with Crippen LogP contribution in [-0.4, -0.2) is 24.4 Å². The number of hydrogen-bond acceptors (Lipinski definition) is 4. The third-order valence-electron chi connectivity index (χ3n) is 3.45. The van der Waals surface area contributed by atoms with Gasteiger partial charge in [0.15, 0.2) is 6.16 Å². The third kappa shape index (κ3) is 6.41. The van der Waals surface area contributed by atoms with E-state index < -0.39 is 13.6 Å². The summed E-state index contributed by atoms with van der Waals surface area (Å²) in [4.78, 5) is 0. The molecule has 1 rings (SSSR count). The lowest BCUT2D eigenvalue weighted by Gasteiger charge is -2.27. The Balaban J connectivity index is 2.36. The van der Waals surface area contributed by atoms with Gasteiger partial charge in [-0.1, -0.05) is 36.6 Å². The minimum absolute atomic E-state index is 0.173. The second-order valence-electron chi connectivity index (χ2n) is 5.04. The fraction of sp³-hybridized carbons (Fsp3) is 0.600. The first-order chi connectivity index (χ1) is 10.0. The number of rotatable bonds is 10. The molecule has 0 aliphatic rings. The van der Waals surface area contributed by atoms with E-state index in [2.05, 4.69) is 0 Å². The molecule has 1 aromatic carbocycles. The maximum absolute atomic E-state index is 11.1. The van der Waals surface area contributed by atoms with Crippen molar-refractivity contribution in [1.82, 2.24) is 0 Å². The average molecular weight is 333 g/mol. The van der Waals surface area contributed by atoms with Crippen molar-refractivity contribution in [3.8, 4) is 0 Å². The van der Waals surface area contributed by atoms with Gasteiger partial charge in [-0.25, -0.2) is 0 Å². The lowest BCUT2D eigenvalue weighted by Crippen LogP contribution is -2.34. The average Bonchev–Trinajstić information content (AvgIpc) is 2.50. The summed E-state index contributed by atoms with van der Waals surface area (Å²) in [7, 11) is -1.50. The molecule has 0 aromatic heterocycles. The van der Waals surface area contributed by atoms with E-state index in [0.29, 0.717) is 24.2 Å². The molecular weight excluding hydrogens is 309 g/mol. The summed E-state index contributed by atoms with van der Waals surface area (Å²) in [5, 5.41) is 11.3. The molecule has 0 aliphatic carbocycles. The molecule has 0 heterocycles. The molecule has 0 radical (unpaired) electrons. The highest BCUT2D eigenvalue weighted by Crippen LogP contribution is 2.28. The SMILES string of the molecule is CC[P+](=O)OCCCCCC(O)(CN)c1ccc(Cl)cc1. The Labute approximate surface area is 132 Å². The summed E-state index contributed by atoms with van der Waals surface area (Å²) in [6, 6.07) is 7.13. The van der Waals surface area contributed by atoms with Gasteiger partial charge in [0.1, 0.15) is 12.2 Å². The van der Waals surface area contributed by atoms with E-state index in [1.54, 1.807) is 12.1 Å². The predicted octanol–water partition coefficient (Wildman–Crippen LogP) is 3.83. The molecule has 21 heavy (non-hydrogen) atoms. The summed E-state index contributed by atoms with van der Waals surface area (Å²) in [6.07, 6.45) is 3.72. The van der Waals surface area contributed by atoms with E-state index in [9.17, 15) is 9.67 Å². The Bertz CT molecular complexity index is 441. The number of halogens is 1. The van der Waals surface area contributed by atoms with Crippen LogP contribution in [0.4, 0.5) is 0 Å². The second-order valence-corrected chi connectivity index (χ2v) is 7.03. The molecule has 0 spiro atoms. The van der Waals surface area contributed by atoms with Crippen molar-refractivity contribution in [2.75, 3.05) is 19.3 Å². The van der Waals surface area contributed by atoms with Gasteiger partial charge < -0.3 is 10.8 Å². The quantitative estimate of drug-likeness (QED) is 0.504. The molecular formula is C15H24ClNO3P+. The van der Waals surface area contributed by atoms with Crippen LogP contribution in [0.5, 0.6) is 0 Å². The number of benzene rings is 1. The molecule has 118 valence electrons. The van der Waals surface area contributed by atoms with Crippen LogP contribution in [0.25, 0.3) is 0 Å². The molecule has 2 atom stereocenters. The monoisotopic (exact) mass is 332 g/mol. The van der Waals surface area contributed by atoms with Crippen molar-refractivity contribution in [3.63, 3.8) is 0 Å². The fourth-order valence-electron chi connectivity index (χ4n) is 2.08. The smallest absolute Gasteiger partial charge is 0.384 e. The summed E-state index contributed by atoms with van der Waals surface area (Å²) >= 11 is 5.85. The molecule has 6 heteroatoms. The van der Waals surface area contributed by atoms with Gasteiger partial charge in [0.2, 0.25) is 0 Å². The highest BCUT2D eigenvalue weighted by atomic mass is 35.5. The molecule has 2 unspecified atom stereocenters. The van der Waals surface area contributed by atoms with Crippen molar-refractivity contribution in [1.29, 1.82) is 0 Å². The largest absolute Gasteiger partial charge is 0.507 e. The molecule has 0 fully saturated rings. The van der Waals surface area contributed by atoms with E-state index in [-0.39, 0.29) is 6.54 Å². The first kappa shape index (κ1) is 18.5. The molecule has 0 bridgehead atoms. The van der Waals surface area contributed by atoms with Crippen LogP contribution >= 0.6 is 19.6 Å². The molecule has 3 N–H and O–H groups in total. The highest BCUT2D eigenvalue weighted by molar-refractivity contribution is 7.39. The summed E-state index contributed by atoms with van der Waals surface area (Å²) in [5.74, 6) is 0. The first-order valence-electron chi connectivity index (χ1n) is 7.28. The van der Waals surface area contributed by atoms with E-state index in [0.717, 1.165) is 24.8 Å². The van der Waals surface area contributed by atoms with Gasteiger partial charge in [0, 0.05) is 11.6 Å². The summed E-state index contributed by atoms with van der Waals surface area (Å²) < 4.78 is 16.3. The van der Waals surface area contributed by atoms with Crippen LogP contribution in [0.1, 0.15) is 38.2 Å². The van der Waals surface area contributed by atoms with Gasteiger partial charge in [-0.15, -0.1) is 4.52 Å². The first-order valence-corrected chi connectivity index (χ1v) is 9.02. The van der Waals surface area contributed by atoms with Crippen LogP contribution in [0.3, 0.4) is 0 Å². The van der Waals surface area contributed by atoms with Crippen LogP contribution in [0.2, 0.25) is 5.02 Å².